The summed E-state index contributed by atoms with van der Waals surface area (Å²) in [5, 5.41) is 5.97. The van der Waals surface area contributed by atoms with E-state index < -0.39 is 0 Å². The zero-order chi connectivity index (χ0) is 15.2. The predicted octanol–water partition coefficient (Wildman–Crippen LogP) is 4.62. The fraction of sp³-hybridized carbons (Fsp3) is 0.235. The summed E-state index contributed by atoms with van der Waals surface area (Å²) in [6.07, 6.45) is 0. The monoisotopic (exact) mass is 346 g/mol. The maximum absolute atomic E-state index is 11.9. The summed E-state index contributed by atoms with van der Waals surface area (Å²) in [5.74, 6) is 0.444. The van der Waals surface area contributed by atoms with Crippen molar-refractivity contribution in [2.24, 2.45) is 0 Å². The molecule has 0 bridgehead atoms. The molecule has 3 nitrogen and oxygen atoms in total. The highest BCUT2D eigenvalue weighted by Crippen LogP contribution is 2.17. The zero-order valence-corrected chi connectivity index (χ0v) is 13.8. The molecule has 0 atom stereocenters. The van der Waals surface area contributed by atoms with E-state index in [0.717, 1.165) is 15.8 Å². The van der Waals surface area contributed by atoms with Crippen LogP contribution in [0.2, 0.25) is 0 Å². The number of carbonyl (C=O) groups excluding carboxylic acids is 1. The molecule has 0 aliphatic heterocycles. The normalized spacial score (nSPS) is 10.5. The van der Waals surface area contributed by atoms with Gasteiger partial charge in [0.1, 0.15) is 0 Å². The standard InChI is InChI=1S/C17H19BrN2O/c1-12(2)13-6-8-15(9-7-13)19-11-17(21)20-16-5-3-4-14(18)10-16/h3-10,12,19H,11H2,1-2H3,(H,20,21). The van der Waals surface area contributed by atoms with Crippen molar-refractivity contribution in [3.05, 3.63) is 58.6 Å². The van der Waals surface area contributed by atoms with Crippen LogP contribution in [0.5, 0.6) is 0 Å². The minimum Gasteiger partial charge on any atom is -0.376 e. The predicted molar refractivity (Wildman–Crippen MR) is 91.8 cm³/mol. The Balaban J connectivity index is 1.86. The Morgan fingerprint density at radius 3 is 2.43 bits per heavy atom. The van der Waals surface area contributed by atoms with E-state index in [1.807, 2.05) is 36.4 Å². The molecule has 2 N–H and O–H groups in total. The summed E-state index contributed by atoms with van der Waals surface area (Å²) in [5.41, 5.74) is 3.02. The molecule has 0 aliphatic rings. The lowest BCUT2D eigenvalue weighted by Crippen LogP contribution is -2.21. The average molecular weight is 347 g/mol. The van der Waals surface area contributed by atoms with Crippen LogP contribution in [0.4, 0.5) is 11.4 Å². The molecular formula is C17H19BrN2O. The van der Waals surface area contributed by atoms with Gasteiger partial charge in [0.05, 0.1) is 6.54 Å². The van der Waals surface area contributed by atoms with Crippen LogP contribution in [0, 0.1) is 0 Å². The molecule has 2 rings (SSSR count). The molecule has 0 spiro atoms. The summed E-state index contributed by atoms with van der Waals surface area (Å²) in [4.78, 5) is 11.9. The van der Waals surface area contributed by atoms with Crippen LogP contribution < -0.4 is 10.6 Å². The van der Waals surface area contributed by atoms with Crippen molar-refractivity contribution in [1.82, 2.24) is 0 Å². The fourth-order valence-corrected chi connectivity index (χ4v) is 2.34. The van der Waals surface area contributed by atoms with Gasteiger partial charge >= 0.3 is 0 Å². The second kappa shape index (κ2) is 7.27. The number of anilines is 2. The number of hydrogen-bond acceptors (Lipinski definition) is 2. The lowest BCUT2D eigenvalue weighted by Gasteiger charge is -2.10. The van der Waals surface area contributed by atoms with Gasteiger partial charge in [-0.05, 0) is 41.8 Å². The first-order valence-corrected chi connectivity index (χ1v) is 7.73. The van der Waals surface area contributed by atoms with Crippen LogP contribution in [0.1, 0.15) is 25.3 Å². The van der Waals surface area contributed by atoms with E-state index in [1.54, 1.807) is 0 Å². The topological polar surface area (TPSA) is 41.1 Å². The SMILES string of the molecule is CC(C)c1ccc(NCC(=O)Nc2cccc(Br)c2)cc1. The van der Waals surface area contributed by atoms with Crippen LogP contribution in [-0.2, 0) is 4.79 Å². The Morgan fingerprint density at radius 2 is 1.81 bits per heavy atom. The van der Waals surface area contributed by atoms with E-state index in [0.29, 0.717) is 5.92 Å². The van der Waals surface area contributed by atoms with Crippen molar-refractivity contribution in [3.63, 3.8) is 0 Å². The van der Waals surface area contributed by atoms with Crippen molar-refractivity contribution in [2.75, 3.05) is 17.2 Å². The largest absolute Gasteiger partial charge is 0.376 e. The summed E-state index contributed by atoms with van der Waals surface area (Å²) in [7, 11) is 0. The Hall–Kier alpha value is -1.81. The van der Waals surface area contributed by atoms with Gasteiger partial charge in [-0.2, -0.15) is 0 Å². The second-order valence-corrected chi connectivity index (χ2v) is 6.10. The Morgan fingerprint density at radius 1 is 1.10 bits per heavy atom. The van der Waals surface area contributed by atoms with Crippen molar-refractivity contribution >= 4 is 33.2 Å². The number of rotatable bonds is 5. The summed E-state index contributed by atoms with van der Waals surface area (Å²) in [6, 6.07) is 15.7. The smallest absolute Gasteiger partial charge is 0.243 e. The quantitative estimate of drug-likeness (QED) is 0.828. The lowest BCUT2D eigenvalue weighted by molar-refractivity contribution is -0.114. The van der Waals surface area contributed by atoms with E-state index in [-0.39, 0.29) is 12.5 Å². The number of hydrogen-bond donors (Lipinski definition) is 2. The molecule has 0 fully saturated rings. The Labute approximate surface area is 133 Å². The van der Waals surface area contributed by atoms with Crippen LogP contribution >= 0.6 is 15.9 Å². The molecule has 0 saturated carbocycles. The van der Waals surface area contributed by atoms with Gasteiger partial charge in [0, 0.05) is 15.8 Å². The number of benzene rings is 2. The molecule has 21 heavy (non-hydrogen) atoms. The average Bonchev–Trinajstić information content (AvgIpc) is 2.45. The van der Waals surface area contributed by atoms with E-state index in [4.69, 9.17) is 0 Å². The van der Waals surface area contributed by atoms with Gasteiger partial charge in [0.15, 0.2) is 0 Å². The maximum Gasteiger partial charge on any atom is 0.243 e. The molecule has 0 heterocycles. The zero-order valence-electron chi connectivity index (χ0n) is 12.2. The van der Waals surface area contributed by atoms with E-state index in [2.05, 4.69) is 52.5 Å². The van der Waals surface area contributed by atoms with Gasteiger partial charge in [0.25, 0.3) is 0 Å². The lowest BCUT2D eigenvalue weighted by atomic mass is 10.0. The summed E-state index contributed by atoms with van der Waals surface area (Å²) < 4.78 is 0.942. The van der Waals surface area contributed by atoms with Crippen molar-refractivity contribution in [3.8, 4) is 0 Å². The first-order chi connectivity index (χ1) is 10.0. The van der Waals surface area contributed by atoms with Gasteiger partial charge in [-0.15, -0.1) is 0 Å². The Kier molecular flexibility index (Phi) is 5.39. The van der Waals surface area contributed by atoms with E-state index >= 15 is 0 Å². The van der Waals surface area contributed by atoms with Crippen LogP contribution in [0.15, 0.2) is 53.0 Å². The van der Waals surface area contributed by atoms with E-state index in [1.165, 1.54) is 5.56 Å². The second-order valence-electron chi connectivity index (χ2n) is 5.19. The molecule has 2 aromatic rings. The highest BCUT2D eigenvalue weighted by Gasteiger charge is 2.03. The van der Waals surface area contributed by atoms with Crippen LogP contribution in [0.3, 0.4) is 0 Å². The van der Waals surface area contributed by atoms with Gasteiger partial charge in [-0.25, -0.2) is 0 Å². The number of amides is 1. The highest BCUT2D eigenvalue weighted by molar-refractivity contribution is 9.10. The van der Waals surface area contributed by atoms with Gasteiger partial charge in [0.2, 0.25) is 5.91 Å². The first-order valence-electron chi connectivity index (χ1n) is 6.94. The molecular weight excluding hydrogens is 328 g/mol. The maximum atomic E-state index is 11.9. The molecule has 1 amide bonds. The van der Waals surface area contributed by atoms with Crippen molar-refractivity contribution in [2.45, 2.75) is 19.8 Å². The molecule has 0 aromatic heterocycles. The number of nitrogens with one attached hydrogen (secondary N) is 2. The third-order valence-corrected chi connectivity index (χ3v) is 3.63. The van der Waals surface area contributed by atoms with E-state index in [9.17, 15) is 4.79 Å². The molecule has 0 unspecified atom stereocenters. The minimum atomic E-state index is -0.0685. The minimum absolute atomic E-state index is 0.0685. The molecule has 2 aromatic carbocycles. The molecule has 4 heteroatoms. The molecule has 0 radical (unpaired) electrons. The van der Waals surface area contributed by atoms with Gasteiger partial charge in [-0.3, -0.25) is 4.79 Å². The fourth-order valence-electron chi connectivity index (χ4n) is 1.94. The Bertz CT molecular complexity index is 608. The van der Waals surface area contributed by atoms with Crippen LogP contribution in [-0.4, -0.2) is 12.5 Å². The molecule has 0 aliphatic carbocycles. The number of carbonyl (C=O) groups is 1. The van der Waals surface area contributed by atoms with Crippen LogP contribution in [0.25, 0.3) is 0 Å². The number of halogens is 1. The third kappa shape index (κ3) is 4.90. The first kappa shape index (κ1) is 15.6. The summed E-state index contributed by atoms with van der Waals surface area (Å²) >= 11 is 3.38. The van der Waals surface area contributed by atoms with Crippen molar-refractivity contribution < 1.29 is 4.79 Å². The van der Waals surface area contributed by atoms with Gasteiger partial charge < -0.3 is 10.6 Å². The third-order valence-electron chi connectivity index (χ3n) is 3.14. The summed E-state index contributed by atoms with van der Waals surface area (Å²) in [6.45, 7) is 4.56. The van der Waals surface area contributed by atoms with Crippen molar-refractivity contribution in [1.29, 1.82) is 0 Å². The highest BCUT2D eigenvalue weighted by atomic mass is 79.9. The van der Waals surface area contributed by atoms with Gasteiger partial charge in [-0.1, -0.05) is 48.0 Å². The molecule has 0 saturated heterocycles. The molecule has 110 valence electrons.